The minimum absolute atomic E-state index is 0.0411. The Morgan fingerprint density at radius 1 is 1.19 bits per heavy atom. The van der Waals surface area contributed by atoms with Crippen molar-refractivity contribution in [1.82, 2.24) is 20.0 Å². The first-order valence-corrected chi connectivity index (χ1v) is 11.1. The summed E-state index contributed by atoms with van der Waals surface area (Å²) in [6, 6.07) is 6.09. The van der Waals surface area contributed by atoms with Crippen molar-refractivity contribution >= 4 is 12.0 Å². The Kier molecular flexibility index (Phi) is 7.21. The summed E-state index contributed by atoms with van der Waals surface area (Å²) in [4.78, 5) is 27.0. The molecule has 1 aromatic heterocycles. The molecule has 1 saturated heterocycles. The van der Waals surface area contributed by atoms with Crippen molar-refractivity contribution in [2.24, 2.45) is 5.92 Å². The van der Waals surface area contributed by atoms with Crippen LogP contribution in [0.2, 0.25) is 0 Å². The number of benzene rings is 1. The van der Waals surface area contributed by atoms with Crippen LogP contribution in [-0.4, -0.2) is 51.9 Å². The van der Waals surface area contributed by atoms with E-state index >= 15 is 0 Å². The number of likely N-dealkylation sites (tertiary alicyclic amines) is 1. The molecule has 1 aromatic carbocycles. The summed E-state index contributed by atoms with van der Waals surface area (Å²) in [6.45, 7) is 11.3. The maximum absolute atomic E-state index is 13.3. The highest BCUT2D eigenvalue weighted by Crippen LogP contribution is 2.26. The van der Waals surface area contributed by atoms with Gasteiger partial charge in [0.2, 0.25) is 0 Å². The minimum Gasteiger partial charge on any atom is -0.444 e. The fraction of sp³-hybridized carbons (Fsp3) is 0.542. The van der Waals surface area contributed by atoms with Crippen LogP contribution in [0.4, 0.5) is 9.18 Å². The smallest absolute Gasteiger partial charge is 0.407 e. The fourth-order valence-electron chi connectivity index (χ4n) is 3.92. The summed E-state index contributed by atoms with van der Waals surface area (Å²) in [7, 11) is 0. The zero-order valence-electron chi connectivity index (χ0n) is 19.5. The monoisotopic (exact) mass is 444 g/mol. The summed E-state index contributed by atoms with van der Waals surface area (Å²) < 4.78 is 20.3. The summed E-state index contributed by atoms with van der Waals surface area (Å²) in [5.74, 6) is 0.0168. The van der Waals surface area contributed by atoms with Crippen molar-refractivity contribution in [1.29, 1.82) is 0 Å². The quantitative estimate of drug-likeness (QED) is 0.736. The predicted molar refractivity (Wildman–Crippen MR) is 120 cm³/mol. The standard InChI is InChI=1S/C24H33FN4O3/c1-16(2)21-20(15-27-29(21)19-8-6-18(25)7-9-19)22(30)28-12-10-17(11-13-28)14-26-23(31)32-24(3,4)5/h6-9,15-17H,10-14H2,1-5H3,(H,26,31). The number of ether oxygens (including phenoxy) is 1. The minimum atomic E-state index is -0.521. The molecule has 2 heterocycles. The molecule has 0 unspecified atom stereocenters. The maximum atomic E-state index is 13.3. The van der Waals surface area contributed by atoms with Gasteiger partial charge in [-0.05, 0) is 69.7 Å². The van der Waals surface area contributed by atoms with E-state index in [1.54, 1.807) is 23.0 Å². The number of hydrogen-bond donors (Lipinski definition) is 1. The van der Waals surface area contributed by atoms with Crippen LogP contribution in [-0.2, 0) is 4.74 Å². The number of carbonyl (C=O) groups excluding carboxylic acids is 2. The van der Waals surface area contributed by atoms with E-state index in [0.29, 0.717) is 31.1 Å². The normalized spacial score (nSPS) is 15.2. The zero-order chi connectivity index (χ0) is 23.5. The zero-order valence-corrected chi connectivity index (χ0v) is 19.5. The van der Waals surface area contributed by atoms with Gasteiger partial charge in [-0.2, -0.15) is 5.10 Å². The van der Waals surface area contributed by atoms with Gasteiger partial charge in [-0.3, -0.25) is 4.79 Å². The second-order valence-electron chi connectivity index (χ2n) is 9.60. The Bertz CT molecular complexity index is 939. The molecule has 1 aliphatic heterocycles. The lowest BCUT2D eigenvalue weighted by Gasteiger charge is -2.32. The van der Waals surface area contributed by atoms with Gasteiger partial charge in [0, 0.05) is 19.6 Å². The number of alkyl carbamates (subject to hydrolysis) is 1. The Balaban J connectivity index is 1.63. The summed E-state index contributed by atoms with van der Waals surface area (Å²) in [5.41, 5.74) is 1.60. The van der Waals surface area contributed by atoms with E-state index in [9.17, 15) is 14.0 Å². The Hall–Kier alpha value is -2.90. The second kappa shape index (κ2) is 9.71. The highest BCUT2D eigenvalue weighted by Gasteiger charge is 2.28. The molecule has 0 atom stereocenters. The third-order valence-corrected chi connectivity index (χ3v) is 5.49. The van der Waals surface area contributed by atoms with E-state index in [-0.39, 0.29) is 17.6 Å². The largest absolute Gasteiger partial charge is 0.444 e. The highest BCUT2D eigenvalue weighted by atomic mass is 19.1. The Labute approximate surface area is 188 Å². The fourth-order valence-corrected chi connectivity index (χ4v) is 3.92. The van der Waals surface area contributed by atoms with Crippen LogP contribution >= 0.6 is 0 Å². The first-order valence-electron chi connectivity index (χ1n) is 11.1. The van der Waals surface area contributed by atoms with Crippen LogP contribution in [0.25, 0.3) is 5.69 Å². The Morgan fingerprint density at radius 2 is 1.81 bits per heavy atom. The lowest BCUT2D eigenvalue weighted by atomic mass is 9.96. The van der Waals surface area contributed by atoms with Crippen molar-refractivity contribution in [3.63, 3.8) is 0 Å². The molecule has 1 fully saturated rings. The van der Waals surface area contributed by atoms with Crippen LogP contribution in [0, 0.1) is 11.7 Å². The summed E-state index contributed by atoms with van der Waals surface area (Å²) >= 11 is 0. The van der Waals surface area contributed by atoms with Gasteiger partial charge in [0.1, 0.15) is 11.4 Å². The van der Waals surface area contributed by atoms with E-state index in [0.717, 1.165) is 24.2 Å². The number of amides is 2. The topological polar surface area (TPSA) is 76.5 Å². The van der Waals surface area contributed by atoms with E-state index in [1.165, 1.54) is 12.1 Å². The van der Waals surface area contributed by atoms with E-state index < -0.39 is 11.7 Å². The number of nitrogens with zero attached hydrogens (tertiary/aromatic N) is 3. The van der Waals surface area contributed by atoms with E-state index in [4.69, 9.17) is 4.74 Å². The van der Waals surface area contributed by atoms with Crippen LogP contribution < -0.4 is 5.32 Å². The number of carbonyl (C=O) groups is 2. The average molecular weight is 445 g/mol. The molecule has 0 saturated carbocycles. The van der Waals surface area contributed by atoms with E-state index in [1.807, 2.05) is 39.5 Å². The summed E-state index contributed by atoms with van der Waals surface area (Å²) in [5, 5.41) is 7.26. The molecule has 32 heavy (non-hydrogen) atoms. The van der Waals surface area contributed by atoms with Gasteiger partial charge >= 0.3 is 6.09 Å². The number of piperidine rings is 1. The molecule has 1 aliphatic rings. The number of nitrogens with one attached hydrogen (secondary N) is 1. The van der Waals surface area contributed by atoms with Crippen LogP contribution in [0.5, 0.6) is 0 Å². The van der Waals surface area contributed by atoms with E-state index in [2.05, 4.69) is 10.4 Å². The van der Waals surface area contributed by atoms with Gasteiger partial charge in [-0.25, -0.2) is 13.9 Å². The van der Waals surface area contributed by atoms with Crippen molar-refractivity contribution in [2.75, 3.05) is 19.6 Å². The lowest BCUT2D eigenvalue weighted by Crippen LogP contribution is -2.42. The molecule has 2 amide bonds. The Morgan fingerprint density at radius 3 is 2.38 bits per heavy atom. The molecule has 0 spiro atoms. The molecular weight excluding hydrogens is 411 g/mol. The molecule has 0 aliphatic carbocycles. The summed E-state index contributed by atoms with van der Waals surface area (Å²) in [6.07, 6.45) is 2.82. The third-order valence-electron chi connectivity index (χ3n) is 5.49. The van der Waals surface area contributed by atoms with Gasteiger partial charge in [0.25, 0.3) is 5.91 Å². The molecule has 1 N–H and O–H groups in total. The molecule has 3 rings (SSSR count). The predicted octanol–water partition coefficient (Wildman–Crippen LogP) is 4.51. The molecule has 174 valence electrons. The van der Waals surface area contributed by atoms with Crippen molar-refractivity contribution < 1.29 is 18.7 Å². The van der Waals surface area contributed by atoms with Gasteiger partial charge < -0.3 is 15.0 Å². The maximum Gasteiger partial charge on any atom is 0.407 e. The average Bonchev–Trinajstić information content (AvgIpc) is 3.17. The SMILES string of the molecule is CC(C)c1c(C(=O)N2CCC(CNC(=O)OC(C)(C)C)CC2)cnn1-c1ccc(F)cc1. The molecule has 2 aromatic rings. The molecule has 8 heteroatoms. The van der Waals surface area contributed by atoms with Crippen molar-refractivity contribution in [3.8, 4) is 5.69 Å². The van der Waals surface area contributed by atoms with Gasteiger partial charge in [-0.1, -0.05) is 13.8 Å². The first-order chi connectivity index (χ1) is 15.0. The number of rotatable bonds is 5. The lowest BCUT2D eigenvalue weighted by molar-refractivity contribution is 0.0500. The van der Waals surface area contributed by atoms with Crippen LogP contribution in [0.15, 0.2) is 30.5 Å². The van der Waals surface area contributed by atoms with Crippen molar-refractivity contribution in [3.05, 3.63) is 47.5 Å². The van der Waals surface area contributed by atoms with Crippen LogP contribution in [0.1, 0.15) is 69.4 Å². The van der Waals surface area contributed by atoms with Crippen LogP contribution in [0.3, 0.4) is 0 Å². The molecule has 0 bridgehead atoms. The molecule has 7 nitrogen and oxygen atoms in total. The van der Waals surface area contributed by atoms with Gasteiger partial charge in [0.15, 0.2) is 0 Å². The second-order valence-corrected chi connectivity index (χ2v) is 9.60. The number of halogens is 1. The van der Waals surface area contributed by atoms with Gasteiger partial charge in [-0.15, -0.1) is 0 Å². The molecule has 0 radical (unpaired) electrons. The van der Waals surface area contributed by atoms with Crippen molar-refractivity contribution in [2.45, 2.75) is 59.0 Å². The number of hydrogen-bond acceptors (Lipinski definition) is 4. The van der Waals surface area contributed by atoms with Gasteiger partial charge in [0.05, 0.1) is 23.1 Å². The molecular formula is C24H33FN4O3. The third kappa shape index (κ3) is 5.87. The highest BCUT2D eigenvalue weighted by molar-refractivity contribution is 5.95. The number of aromatic nitrogens is 2. The first kappa shape index (κ1) is 23.8.